The second-order valence-corrected chi connectivity index (χ2v) is 7.97. The van der Waals surface area contributed by atoms with Gasteiger partial charge in [-0.2, -0.15) is 0 Å². The van der Waals surface area contributed by atoms with Crippen LogP contribution in [0.15, 0.2) is 52.9 Å². The van der Waals surface area contributed by atoms with Crippen LogP contribution in [-0.4, -0.2) is 18.9 Å². The van der Waals surface area contributed by atoms with Crippen molar-refractivity contribution in [2.45, 2.75) is 34.6 Å². The van der Waals surface area contributed by atoms with Crippen LogP contribution < -0.4 is 15.7 Å². The molecule has 4 nitrogen and oxygen atoms in total. The predicted octanol–water partition coefficient (Wildman–Crippen LogP) is 4.46. The summed E-state index contributed by atoms with van der Waals surface area (Å²) in [6, 6.07) is 16.3. The lowest BCUT2D eigenvalue weighted by Gasteiger charge is -2.19. The van der Waals surface area contributed by atoms with Crippen LogP contribution in [0.1, 0.15) is 42.3 Å². The molecule has 0 amide bonds. The third kappa shape index (κ3) is 3.74. The second kappa shape index (κ2) is 8.38. The van der Waals surface area contributed by atoms with Crippen LogP contribution >= 0.6 is 0 Å². The largest absolute Gasteiger partial charge is 0.456 e. The van der Waals surface area contributed by atoms with Gasteiger partial charge in [-0.15, -0.1) is 0 Å². The average molecular weight is 414 g/mol. The Kier molecular flexibility index (Phi) is 5.64. The van der Waals surface area contributed by atoms with Gasteiger partial charge in [0.15, 0.2) is 5.78 Å². The Balaban J connectivity index is 2.20. The summed E-state index contributed by atoms with van der Waals surface area (Å²) in [6.07, 6.45) is 0. The molecule has 2 aromatic carbocycles. The molecule has 0 bridgehead atoms. The maximum atomic E-state index is 12.5. The molecule has 0 aromatic heterocycles. The van der Waals surface area contributed by atoms with Gasteiger partial charge in [-0.25, -0.2) is 4.99 Å². The highest BCUT2D eigenvalue weighted by Gasteiger charge is 2.22. The molecule has 0 atom stereocenters. The molecule has 0 radical (unpaired) electrons. The number of carbonyl (C=O) groups is 1. The van der Waals surface area contributed by atoms with Crippen LogP contribution in [0.3, 0.4) is 0 Å². The lowest BCUT2D eigenvalue weighted by molar-refractivity contribution is -0.496. The van der Waals surface area contributed by atoms with E-state index in [-0.39, 0.29) is 5.78 Å². The van der Waals surface area contributed by atoms with Gasteiger partial charge in [-0.05, 0) is 57.9 Å². The van der Waals surface area contributed by atoms with E-state index in [0.29, 0.717) is 0 Å². The molecule has 1 aliphatic carbocycles. The minimum absolute atomic E-state index is 0.0553. The van der Waals surface area contributed by atoms with Crippen molar-refractivity contribution in [3.05, 3.63) is 70.6 Å². The number of rotatable bonds is 5. The van der Waals surface area contributed by atoms with E-state index in [0.717, 1.165) is 74.2 Å². The minimum Gasteiger partial charge on any atom is -0.456 e. The first-order valence-corrected chi connectivity index (χ1v) is 10.9. The van der Waals surface area contributed by atoms with Gasteiger partial charge < -0.3 is 9.73 Å². The standard InChI is InChI=1S/C27H28N2O2/c1-6-28-23-14-25-21(12-16(23)3)27(20-11-9-8-10-19(20)18(5)30)22-13-17(4)24(29-7-2)15-26(22)31-25/h8-15,28H,6-7H2,1-5H3/p+1. The zero-order valence-electron chi connectivity index (χ0n) is 18.8. The molecular weight excluding hydrogens is 384 g/mol. The Morgan fingerprint density at radius 2 is 1.77 bits per heavy atom. The molecule has 0 saturated heterocycles. The Labute approximate surface area is 183 Å². The number of fused-ring (bicyclic) bond motifs is 2. The summed E-state index contributed by atoms with van der Waals surface area (Å²) in [5.41, 5.74) is 7.86. The van der Waals surface area contributed by atoms with E-state index in [4.69, 9.17) is 4.42 Å². The van der Waals surface area contributed by atoms with Crippen LogP contribution in [0.25, 0.3) is 33.4 Å². The predicted molar refractivity (Wildman–Crippen MR) is 127 cm³/mol. The van der Waals surface area contributed by atoms with Crippen LogP contribution in [-0.2, 0) is 0 Å². The van der Waals surface area contributed by atoms with Gasteiger partial charge in [0.2, 0.25) is 5.36 Å². The van der Waals surface area contributed by atoms with Gasteiger partial charge in [0.25, 0.3) is 0 Å². The molecule has 0 saturated carbocycles. The third-order valence-electron chi connectivity index (χ3n) is 5.72. The number of aryl methyl sites for hydroxylation is 2. The van der Waals surface area contributed by atoms with Crippen LogP contribution in [0, 0.1) is 13.8 Å². The van der Waals surface area contributed by atoms with E-state index in [9.17, 15) is 4.79 Å². The summed E-state index contributed by atoms with van der Waals surface area (Å²) < 4.78 is 6.43. The quantitative estimate of drug-likeness (QED) is 0.375. The summed E-state index contributed by atoms with van der Waals surface area (Å²) in [5.74, 6) is 0.855. The Morgan fingerprint density at radius 3 is 2.48 bits per heavy atom. The van der Waals surface area contributed by atoms with E-state index in [1.165, 1.54) is 0 Å². The maximum Gasteiger partial charge on any atom is 0.204 e. The van der Waals surface area contributed by atoms with E-state index < -0.39 is 0 Å². The van der Waals surface area contributed by atoms with Gasteiger partial charge in [0.1, 0.15) is 17.9 Å². The number of ketones is 1. The van der Waals surface area contributed by atoms with Gasteiger partial charge >= 0.3 is 0 Å². The van der Waals surface area contributed by atoms with Gasteiger partial charge in [-0.3, -0.25) is 4.79 Å². The number of carbonyl (C=O) groups excluding carboxylic acids is 1. The zero-order valence-corrected chi connectivity index (χ0v) is 18.8. The highest BCUT2D eigenvalue weighted by molar-refractivity contribution is 6.09. The summed E-state index contributed by atoms with van der Waals surface area (Å²) in [7, 11) is 0. The van der Waals surface area contributed by atoms with Gasteiger partial charge in [0.05, 0.1) is 6.07 Å². The van der Waals surface area contributed by atoms with E-state index >= 15 is 0 Å². The maximum absolute atomic E-state index is 12.5. The molecule has 158 valence electrons. The number of benzene rings is 3. The Morgan fingerprint density at radius 1 is 1.00 bits per heavy atom. The van der Waals surface area contributed by atoms with Crippen molar-refractivity contribution in [3.63, 3.8) is 0 Å². The molecule has 0 fully saturated rings. The van der Waals surface area contributed by atoms with Crippen molar-refractivity contribution in [2.75, 3.05) is 18.4 Å². The molecule has 31 heavy (non-hydrogen) atoms. The molecule has 4 rings (SSSR count). The fourth-order valence-electron chi connectivity index (χ4n) is 4.26. The number of nitrogens with one attached hydrogen (secondary N) is 2. The average Bonchev–Trinajstić information content (AvgIpc) is 2.74. The molecule has 1 heterocycles. The third-order valence-corrected chi connectivity index (χ3v) is 5.72. The van der Waals surface area contributed by atoms with Gasteiger partial charge in [-0.1, -0.05) is 24.3 Å². The number of Topliss-reactive ketones (excluding diaryl/α,β-unsaturated/α-hetero) is 1. The lowest BCUT2D eigenvalue weighted by Crippen LogP contribution is -2.76. The second-order valence-electron chi connectivity index (χ2n) is 7.97. The van der Waals surface area contributed by atoms with Crippen molar-refractivity contribution in [3.8, 4) is 22.5 Å². The van der Waals surface area contributed by atoms with E-state index in [2.05, 4.69) is 62.3 Å². The molecule has 0 unspecified atom stereocenters. The van der Waals surface area contributed by atoms with Crippen molar-refractivity contribution < 1.29 is 14.2 Å². The number of hydrogen-bond donors (Lipinski definition) is 2. The van der Waals surface area contributed by atoms with E-state index in [1.807, 2.05) is 24.3 Å². The first-order valence-electron chi connectivity index (χ1n) is 10.9. The Bertz CT molecular complexity index is 1330. The smallest absolute Gasteiger partial charge is 0.204 e. The summed E-state index contributed by atoms with van der Waals surface area (Å²) in [4.78, 5) is 15.9. The monoisotopic (exact) mass is 413 g/mol. The van der Waals surface area contributed by atoms with Gasteiger partial charge in [0, 0.05) is 45.9 Å². The molecule has 1 aliphatic heterocycles. The molecule has 2 aromatic rings. The first kappa shape index (κ1) is 20.9. The van der Waals surface area contributed by atoms with E-state index in [1.54, 1.807) is 6.92 Å². The van der Waals surface area contributed by atoms with Crippen molar-refractivity contribution in [1.29, 1.82) is 0 Å². The number of hydrogen-bond acceptors (Lipinski definition) is 3. The van der Waals surface area contributed by atoms with Crippen molar-refractivity contribution in [2.24, 2.45) is 0 Å². The van der Waals surface area contributed by atoms with Crippen LogP contribution in [0.5, 0.6) is 0 Å². The zero-order chi connectivity index (χ0) is 22.1. The molecular formula is C27H29N2O2+. The SMILES string of the molecule is CCNc1cc2oc3cc(=[NH+]CC)c(C)cc-3c(-c3ccccc3C(C)=O)c2cc1C. The number of anilines is 1. The van der Waals surface area contributed by atoms with Crippen molar-refractivity contribution >= 4 is 22.4 Å². The fraction of sp³-hybridized carbons (Fsp3) is 0.259. The van der Waals surface area contributed by atoms with Crippen molar-refractivity contribution in [1.82, 2.24) is 0 Å². The minimum atomic E-state index is 0.0553. The van der Waals surface area contributed by atoms with Crippen LogP contribution in [0.4, 0.5) is 5.69 Å². The molecule has 2 N–H and O–H groups in total. The summed E-state index contributed by atoms with van der Waals surface area (Å²) in [6.45, 7) is 11.7. The first-order chi connectivity index (χ1) is 14.9. The van der Waals surface area contributed by atoms with Crippen LogP contribution in [0.2, 0.25) is 0 Å². The summed E-state index contributed by atoms with van der Waals surface area (Å²) >= 11 is 0. The Hall–Kier alpha value is -3.40. The molecule has 0 spiro atoms. The fourth-order valence-corrected chi connectivity index (χ4v) is 4.26. The highest BCUT2D eigenvalue weighted by atomic mass is 16.3. The topological polar surface area (TPSA) is 56.2 Å². The molecule has 2 aliphatic rings. The summed E-state index contributed by atoms with van der Waals surface area (Å²) in [5, 5.41) is 5.49. The lowest BCUT2D eigenvalue weighted by atomic mass is 9.88. The molecule has 4 heteroatoms. The normalized spacial score (nSPS) is 12.0. The highest BCUT2D eigenvalue weighted by Crippen LogP contribution is 2.42.